The number of hydrogen-bond donors (Lipinski definition) is 3. The first-order chi connectivity index (χ1) is 14.5. The Labute approximate surface area is 175 Å². The molecule has 3 aliphatic rings. The first-order valence-electron chi connectivity index (χ1n) is 10.5. The van der Waals surface area contributed by atoms with E-state index in [4.69, 9.17) is 0 Å². The molecule has 9 nitrogen and oxygen atoms in total. The monoisotopic (exact) mass is 412 g/mol. The van der Waals surface area contributed by atoms with Gasteiger partial charge in [-0.25, -0.2) is 0 Å². The smallest absolute Gasteiger partial charge is 0.224 e. The average molecular weight is 412 g/mol. The summed E-state index contributed by atoms with van der Waals surface area (Å²) in [6.45, 7) is 4.88. The summed E-state index contributed by atoms with van der Waals surface area (Å²) in [5.74, 6) is 0.579. The van der Waals surface area contributed by atoms with E-state index in [-0.39, 0.29) is 23.5 Å². The number of carbonyl (C=O) groups is 2. The minimum absolute atomic E-state index is 0.00549. The molecule has 1 unspecified atom stereocenters. The van der Waals surface area contributed by atoms with Crippen molar-refractivity contribution in [3.8, 4) is 17.0 Å². The molecule has 3 N–H and O–H groups in total. The lowest BCUT2D eigenvalue weighted by Gasteiger charge is -2.49. The maximum Gasteiger partial charge on any atom is 0.224 e. The first kappa shape index (κ1) is 20.3. The van der Waals surface area contributed by atoms with E-state index in [0.29, 0.717) is 25.0 Å². The van der Waals surface area contributed by atoms with Gasteiger partial charge in [0.25, 0.3) is 0 Å². The molecule has 9 heteroatoms. The lowest BCUT2D eigenvalue weighted by Crippen LogP contribution is -2.58. The zero-order valence-electron chi connectivity index (χ0n) is 17.1. The van der Waals surface area contributed by atoms with E-state index in [0.717, 1.165) is 43.7 Å². The van der Waals surface area contributed by atoms with Gasteiger partial charge in [0.2, 0.25) is 11.8 Å². The van der Waals surface area contributed by atoms with Gasteiger partial charge in [-0.1, -0.05) is 17.3 Å². The van der Waals surface area contributed by atoms with E-state index in [9.17, 15) is 14.7 Å². The lowest BCUT2D eigenvalue weighted by molar-refractivity contribution is -0.133. The van der Waals surface area contributed by atoms with Crippen molar-refractivity contribution in [3.05, 3.63) is 30.5 Å². The second-order valence-corrected chi connectivity index (χ2v) is 8.19. The highest BCUT2D eigenvalue weighted by molar-refractivity contribution is 5.79. The zero-order valence-corrected chi connectivity index (χ0v) is 17.1. The average Bonchev–Trinajstić information content (AvgIpc) is 3.20. The number of aromatic nitrogens is 3. The molecule has 1 aromatic carbocycles. The Morgan fingerprint density at radius 2 is 2.10 bits per heavy atom. The van der Waals surface area contributed by atoms with Crippen LogP contribution in [0.25, 0.3) is 11.3 Å². The van der Waals surface area contributed by atoms with Gasteiger partial charge in [-0.15, -0.1) is 5.10 Å². The van der Waals surface area contributed by atoms with Gasteiger partial charge in [0.1, 0.15) is 11.4 Å². The largest absolute Gasteiger partial charge is 0.508 e. The SMILES string of the molecule is CC(=O)NCCNC(=O)[C@@H]1CN2CC[C@@H]1C[C@@H]2Cn1cc(-c2cccc(O)c2)nn1. The van der Waals surface area contributed by atoms with Crippen LogP contribution in [0.15, 0.2) is 30.5 Å². The van der Waals surface area contributed by atoms with Gasteiger partial charge in [0.05, 0.1) is 18.7 Å². The van der Waals surface area contributed by atoms with Crippen LogP contribution in [0.1, 0.15) is 19.8 Å². The van der Waals surface area contributed by atoms with Crippen molar-refractivity contribution in [3.63, 3.8) is 0 Å². The summed E-state index contributed by atoms with van der Waals surface area (Å²) in [4.78, 5) is 25.9. The molecule has 2 aromatic rings. The first-order valence-corrected chi connectivity index (χ1v) is 10.5. The number of amides is 2. The van der Waals surface area contributed by atoms with Crippen LogP contribution in [0.5, 0.6) is 5.75 Å². The van der Waals surface area contributed by atoms with Gasteiger partial charge in [-0.3, -0.25) is 19.2 Å². The van der Waals surface area contributed by atoms with Crippen molar-refractivity contribution in [2.24, 2.45) is 11.8 Å². The number of aromatic hydroxyl groups is 1. The third kappa shape index (κ3) is 4.62. The number of fused-ring (bicyclic) bond motifs is 3. The van der Waals surface area contributed by atoms with Crippen molar-refractivity contribution in [1.29, 1.82) is 0 Å². The molecule has 3 aliphatic heterocycles. The second-order valence-electron chi connectivity index (χ2n) is 8.19. The number of nitrogens with zero attached hydrogens (tertiary/aromatic N) is 4. The van der Waals surface area contributed by atoms with Crippen molar-refractivity contribution >= 4 is 11.8 Å². The van der Waals surface area contributed by atoms with Crippen molar-refractivity contribution < 1.29 is 14.7 Å². The molecule has 160 valence electrons. The van der Waals surface area contributed by atoms with Gasteiger partial charge in [-0.2, -0.15) is 0 Å². The molecule has 0 aliphatic carbocycles. The number of rotatable bonds is 7. The van der Waals surface area contributed by atoms with E-state index in [1.807, 2.05) is 16.9 Å². The molecular weight excluding hydrogens is 384 g/mol. The number of hydrogen-bond acceptors (Lipinski definition) is 6. The van der Waals surface area contributed by atoms with Crippen molar-refractivity contribution in [1.82, 2.24) is 30.5 Å². The maximum absolute atomic E-state index is 12.6. The number of carbonyl (C=O) groups excluding carboxylic acids is 2. The number of phenolic OH excluding ortho intramolecular Hbond substituents is 1. The standard InChI is InChI=1S/C21H28N6O3/c1-14(28)22-6-7-23-21(30)19-12-26-8-5-15(19)9-17(26)11-27-13-20(24-25-27)16-3-2-4-18(29)10-16/h2-4,10,13,15,17,19,29H,5-9,11-12H2,1H3,(H,22,28)(H,23,30)/t15-,17-,19-/m1/s1. The van der Waals surface area contributed by atoms with Crippen LogP contribution in [-0.4, -0.2) is 69.0 Å². The minimum atomic E-state index is -0.0877. The Morgan fingerprint density at radius 1 is 1.27 bits per heavy atom. The van der Waals surface area contributed by atoms with Gasteiger partial charge in [0.15, 0.2) is 0 Å². The van der Waals surface area contributed by atoms with E-state index >= 15 is 0 Å². The predicted octanol–water partition coefficient (Wildman–Crippen LogP) is 0.613. The third-order valence-electron chi connectivity index (χ3n) is 6.09. The summed E-state index contributed by atoms with van der Waals surface area (Å²) in [5.41, 5.74) is 1.57. The van der Waals surface area contributed by atoms with Gasteiger partial charge < -0.3 is 15.7 Å². The van der Waals surface area contributed by atoms with Crippen LogP contribution < -0.4 is 10.6 Å². The number of phenols is 1. The fourth-order valence-electron chi connectivity index (χ4n) is 4.58. The Morgan fingerprint density at radius 3 is 2.83 bits per heavy atom. The summed E-state index contributed by atoms with van der Waals surface area (Å²) >= 11 is 0. The highest BCUT2D eigenvalue weighted by atomic mass is 16.3. The summed E-state index contributed by atoms with van der Waals surface area (Å²) < 4.78 is 1.85. The molecule has 2 bridgehead atoms. The Kier molecular flexibility index (Phi) is 5.98. The second kappa shape index (κ2) is 8.83. The molecule has 4 atom stereocenters. The predicted molar refractivity (Wildman–Crippen MR) is 110 cm³/mol. The van der Waals surface area contributed by atoms with Crippen molar-refractivity contribution in [2.45, 2.75) is 32.4 Å². The van der Waals surface area contributed by atoms with E-state index < -0.39 is 0 Å². The summed E-state index contributed by atoms with van der Waals surface area (Å²) in [6.07, 6.45) is 3.90. The molecule has 0 spiro atoms. The van der Waals surface area contributed by atoms with E-state index in [1.54, 1.807) is 18.2 Å². The summed E-state index contributed by atoms with van der Waals surface area (Å²) in [7, 11) is 0. The molecule has 30 heavy (non-hydrogen) atoms. The maximum atomic E-state index is 12.6. The fraction of sp³-hybridized carbons (Fsp3) is 0.524. The summed E-state index contributed by atoms with van der Waals surface area (Å²) in [5, 5.41) is 23.8. The number of nitrogens with one attached hydrogen (secondary N) is 2. The van der Waals surface area contributed by atoms with Crippen LogP contribution in [0.3, 0.4) is 0 Å². The minimum Gasteiger partial charge on any atom is -0.508 e. The number of benzene rings is 1. The van der Waals surface area contributed by atoms with Crippen LogP contribution in [0.4, 0.5) is 0 Å². The third-order valence-corrected chi connectivity index (χ3v) is 6.09. The molecule has 4 heterocycles. The molecule has 2 amide bonds. The fourth-order valence-corrected chi connectivity index (χ4v) is 4.58. The van der Waals surface area contributed by atoms with Crippen LogP contribution in [-0.2, 0) is 16.1 Å². The molecule has 3 saturated heterocycles. The molecule has 5 rings (SSSR count). The normalized spacial score (nSPS) is 25.1. The van der Waals surface area contributed by atoms with Crippen LogP contribution in [0.2, 0.25) is 0 Å². The van der Waals surface area contributed by atoms with Gasteiger partial charge >= 0.3 is 0 Å². The molecular formula is C21H28N6O3. The van der Waals surface area contributed by atoms with Gasteiger partial charge in [0, 0.05) is 38.2 Å². The highest BCUT2D eigenvalue weighted by Gasteiger charge is 2.43. The lowest BCUT2D eigenvalue weighted by atomic mass is 9.75. The Bertz CT molecular complexity index is 914. The highest BCUT2D eigenvalue weighted by Crippen LogP contribution is 2.37. The molecule has 3 fully saturated rings. The van der Waals surface area contributed by atoms with E-state index in [2.05, 4.69) is 25.8 Å². The van der Waals surface area contributed by atoms with Gasteiger partial charge in [-0.05, 0) is 37.4 Å². The van der Waals surface area contributed by atoms with Crippen molar-refractivity contribution in [2.75, 3.05) is 26.2 Å². The van der Waals surface area contributed by atoms with Crippen LogP contribution in [0, 0.1) is 11.8 Å². The molecule has 1 aromatic heterocycles. The zero-order chi connectivity index (χ0) is 21.1. The van der Waals surface area contributed by atoms with Crippen LogP contribution >= 0.6 is 0 Å². The Hall–Kier alpha value is -2.94. The number of piperidine rings is 3. The molecule has 0 saturated carbocycles. The quantitative estimate of drug-likeness (QED) is 0.575. The summed E-state index contributed by atoms with van der Waals surface area (Å²) in [6, 6.07) is 7.33. The topological polar surface area (TPSA) is 112 Å². The van der Waals surface area contributed by atoms with E-state index in [1.165, 1.54) is 6.92 Å². The Balaban J connectivity index is 1.32. The molecule has 0 radical (unpaired) electrons.